The SMILES string of the molecule is CC(C)CC(CNS(=O)(=O)c1cccc(OC(F)(F)F)c1)C(=O)O. The molecule has 0 aliphatic rings. The molecule has 0 aromatic heterocycles. The molecule has 0 fully saturated rings. The maximum atomic E-state index is 12.2. The van der Waals surface area contributed by atoms with Gasteiger partial charge in [-0.3, -0.25) is 4.79 Å². The summed E-state index contributed by atoms with van der Waals surface area (Å²) in [7, 11) is -4.16. The average molecular weight is 369 g/mol. The van der Waals surface area contributed by atoms with Gasteiger partial charge in [0.1, 0.15) is 5.75 Å². The van der Waals surface area contributed by atoms with Crippen molar-refractivity contribution in [2.24, 2.45) is 11.8 Å². The zero-order valence-electron chi connectivity index (χ0n) is 13.0. The average Bonchev–Trinajstić information content (AvgIpc) is 2.41. The number of hydrogen-bond acceptors (Lipinski definition) is 4. The second-order valence-electron chi connectivity index (χ2n) is 5.54. The minimum atomic E-state index is -4.94. The number of carbonyl (C=O) groups is 1. The van der Waals surface area contributed by atoms with E-state index in [2.05, 4.69) is 9.46 Å². The molecule has 10 heteroatoms. The molecule has 0 spiro atoms. The Kier molecular flexibility index (Phi) is 6.61. The number of carboxylic acid groups (broad SMARTS) is 1. The van der Waals surface area contributed by atoms with Crippen LogP contribution in [-0.2, 0) is 14.8 Å². The normalized spacial score (nSPS) is 13.8. The molecule has 0 amide bonds. The smallest absolute Gasteiger partial charge is 0.481 e. The van der Waals surface area contributed by atoms with Crippen LogP contribution in [0, 0.1) is 11.8 Å². The summed E-state index contributed by atoms with van der Waals surface area (Å²) >= 11 is 0. The predicted molar refractivity (Wildman–Crippen MR) is 78.9 cm³/mol. The van der Waals surface area contributed by atoms with Gasteiger partial charge in [-0.15, -0.1) is 13.2 Å². The van der Waals surface area contributed by atoms with Crippen LogP contribution in [0.25, 0.3) is 0 Å². The quantitative estimate of drug-likeness (QED) is 0.735. The van der Waals surface area contributed by atoms with Crippen molar-refractivity contribution >= 4 is 16.0 Å². The van der Waals surface area contributed by atoms with Gasteiger partial charge in [0.2, 0.25) is 10.0 Å². The van der Waals surface area contributed by atoms with E-state index in [-0.39, 0.29) is 18.9 Å². The second-order valence-corrected chi connectivity index (χ2v) is 7.31. The van der Waals surface area contributed by atoms with Crippen molar-refractivity contribution in [2.45, 2.75) is 31.5 Å². The first kappa shape index (κ1) is 20.2. The summed E-state index contributed by atoms with van der Waals surface area (Å²) in [5.41, 5.74) is 0. The van der Waals surface area contributed by atoms with Crippen LogP contribution in [0.1, 0.15) is 20.3 Å². The molecular weight excluding hydrogens is 351 g/mol. The van der Waals surface area contributed by atoms with E-state index in [1.807, 2.05) is 0 Å². The Labute approximate surface area is 137 Å². The highest BCUT2D eigenvalue weighted by molar-refractivity contribution is 7.89. The van der Waals surface area contributed by atoms with Crippen molar-refractivity contribution in [1.29, 1.82) is 0 Å². The predicted octanol–water partition coefficient (Wildman–Crippen LogP) is 2.61. The lowest BCUT2D eigenvalue weighted by molar-refractivity contribution is -0.274. The number of benzene rings is 1. The highest BCUT2D eigenvalue weighted by Gasteiger charge is 2.31. The molecule has 0 aliphatic carbocycles. The van der Waals surface area contributed by atoms with E-state index in [1.54, 1.807) is 13.8 Å². The van der Waals surface area contributed by atoms with Crippen molar-refractivity contribution < 1.29 is 36.2 Å². The van der Waals surface area contributed by atoms with Crippen LogP contribution in [0.2, 0.25) is 0 Å². The number of carboxylic acids is 1. The number of nitrogens with one attached hydrogen (secondary N) is 1. The fourth-order valence-corrected chi connectivity index (χ4v) is 3.09. The van der Waals surface area contributed by atoms with Crippen molar-refractivity contribution in [3.8, 4) is 5.75 Å². The Hall–Kier alpha value is -1.81. The Balaban J connectivity index is 2.88. The van der Waals surface area contributed by atoms with Crippen molar-refractivity contribution in [1.82, 2.24) is 4.72 Å². The highest BCUT2D eigenvalue weighted by atomic mass is 32.2. The molecular formula is C14H18F3NO5S. The summed E-state index contributed by atoms with van der Waals surface area (Å²) in [5, 5.41) is 9.08. The molecule has 0 bridgehead atoms. The van der Waals surface area contributed by atoms with Crippen molar-refractivity contribution in [3.05, 3.63) is 24.3 Å². The summed E-state index contributed by atoms with van der Waals surface area (Å²) in [6, 6.07) is 3.86. The zero-order valence-corrected chi connectivity index (χ0v) is 13.8. The van der Waals surface area contributed by atoms with Crippen molar-refractivity contribution in [3.63, 3.8) is 0 Å². The monoisotopic (exact) mass is 369 g/mol. The molecule has 1 unspecified atom stereocenters. The van der Waals surface area contributed by atoms with E-state index in [4.69, 9.17) is 5.11 Å². The van der Waals surface area contributed by atoms with Gasteiger partial charge in [-0.1, -0.05) is 19.9 Å². The van der Waals surface area contributed by atoms with Crippen LogP contribution in [-0.4, -0.2) is 32.4 Å². The van der Waals surface area contributed by atoms with Gasteiger partial charge in [-0.2, -0.15) is 0 Å². The van der Waals surface area contributed by atoms with E-state index in [0.29, 0.717) is 6.07 Å². The van der Waals surface area contributed by atoms with E-state index in [9.17, 15) is 26.4 Å². The van der Waals surface area contributed by atoms with E-state index < -0.39 is 38.9 Å². The van der Waals surface area contributed by atoms with Gasteiger partial charge in [0, 0.05) is 12.6 Å². The standard InChI is InChI=1S/C14H18F3NO5S/c1-9(2)6-10(13(19)20)8-18-24(21,22)12-5-3-4-11(7-12)23-14(15,16)17/h3-5,7,9-10,18H,6,8H2,1-2H3,(H,19,20). The molecule has 0 radical (unpaired) electrons. The van der Waals surface area contributed by atoms with Gasteiger partial charge < -0.3 is 9.84 Å². The fourth-order valence-electron chi connectivity index (χ4n) is 1.97. The molecule has 136 valence electrons. The molecule has 2 N–H and O–H groups in total. The molecule has 24 heavy (non-hydrogen) atoms. The second kappa shape index (κ2) is 7.84. The minimum Gasteiger partial charge on any atom is -0.481 e. The fraction of sp³-hybridized carbons (Fsp3) is 0.500. The third-order valence-electron chi connectivity index (χ3n) is 2.97. The first-order valence-corrected chi connectivity index (χ1v) is 8.47. The van der Waals surface area contributed by atoms with E-state index >= 15 is 0 Å². The Morgan fingerprint density at radius 3 is 2.46 bits per heavy atom. The highest BCUT2D eigenvalue weighted by Crippen LogP contribution is 2.25. The summed E-state index contributed by atoms with van der Waals surface area (Å²) in [6.07, 6.45) is -4.68. The number of aliphatic carboxylic acids is 1. The van der Waals surface area contributed by atoms with E-state index in [0.717, 1.165) is 18.2 Å². The van der Waals surface area contributed by atoms with Crippen LogP contribution < -0.4 is 9.46 Å². The summed E-state index contributed by atoms with van der Waals surface area (Å²) in [5.74, 6) is -2.73. The number of halogens is 3. The molecule has 0 heterocycles. The number of alkyl halides is 3. The lowest BCUT2D eigenvalue weighted by Crippen LogP contribution is -2.33. The summed E-state index contributed by atoms with van der Waals surface area (Å²) in [4.78, 5) is 10.7. The zero-order chi connectivity index (χ0) is 18.5. The maximum absolute atomic E-state index is 12.2. The summed E-state index contributed by atoms with van der Waals surface area (Å²) < 4.78 is 66.6. The van der Waals surface area contributed by atoms with Gasteiger partial charge in [-0.25, -0.2) is 13.1 Å². The lowest BCUT2D eigenvalue weighted by atomic mass is 9.98. The van der Waals surface area contributed by atoms with Crippen LogP contribution in [0.3, 0.4) is 0 Å². The lowest BCUT2D eigenvalue weighted by Gasteiger charge is -2.16. The Morgan fingerprint density at radius 1 is 1.33 bits per heavy atom. The molecule has 0 aliphatic heterocycles. The van der Waals surface area contributed by atoms with Crippen LogP contribution >= 0.6 is 0 Å². The molecule has 0 saturated carbocycles. The number of rotatable bonds is 8. The third kappa shape index (κ3) is 6.75. The van der Waals surface area contributed by atoms with Gasteiger partial charge in [-0.05, 0) is 24.5 Å². The van der Waals surface area contributed by atoms with E-state index in [1.165, 1.54) is 0 Å². The maximum Gasteiger partial charge on any atom is 0.573 e. The molecule has 1 rings (SSSR count). The number of sulfonamides is 1. The molecule has 1 atom stereocenters. The number of ether oxygens (including phenoxy) is 1. The first-order valence-electron chi connectivity index (χ1n) is 6.99. The molecule has 1 aromatic rings. The Bertz CT molecular complexity index is 673. The first-order chi connectivity index (χ1) is 10.9. The van der Waals surface area contributed by atoms with Gasteiger partial charge in [0.05, 0.1) is 10.8 Å². The largest absolute Gasteiger partial charge is 0.573 e. The van der Waals surface area contributed by atoms with Gasteiger partial charge >= 0.3 is 12.3 Å². The van der Waals surface area contributed by atoms with Crippen LogP contribution in [0.15, 0.2) is 29.2 Å². The van der Waals surface area contributed by atoms with Crippen LogP contribution in [0.5, 0.6) is 5.75 Å². The van der Waals surface area contributed by atoms with Gasteiger partial charge in [0.25, 0.3) is 0 Å². The topological polar surface area (TPSA) is 92.7 Å². The summed E-state index contributed by atoms with van der Waals surface area (Å²) in [6.45, 7) is 3.23. The third-order valence-corrected chi connectivity index (χ3v) is 4.40. The van der Waals surface area contributed by atoms with Crippen molar-refractivity contribution in [2.75, 3.05) is 6.54 Å². The van der Waals surface area contributed by atoms with Gasteiger partial charge in [0.15, 0.2) is 0 Å². The Morgan fingerprint density at radius 2 is 1.96 bits per heavy atom. The minimum absolute atomic E-state index is 0.0408. The number of hydrogen-bond donors (Lipinski definition) is 2. The molecule has 0 saturated heterocycles. The molecule has 6 nitrogen and oxygen atoms in total. The van der Waals surface area contributed by atoms with Crippen LogP contribution in [0.4, 0.5) is 13.2 Å². The molecule has 1 aromatic carbocycles.